The summed E-state index contributed by atoms with van der Waals surface area (Å²) in [5, 5.41) is 10.6. The van der Waals surface area contributed by atoms with Crippen LogP contribution in [-0.4, -0.2) is 96.7 Å². The van der Waals surface area contributed by atoms with Crippen LogP contribution in [0.3, 0.4) is 0 Å². The molecule has 0 aliphatic carbocycles. The minimum Gasteiger partial charge on any atom is -0.462 e. The van der Waals surface area contributed by atoms with E-state index in [1.54, 1.807) is 0 Å². The first kappa shape index (κ1) is 90.1. The Labute approximate surface area is 562 Å². The average molecular weight is 1350 g/mol. The van der Waals surface area contributed by atoms with Gasteiger partial charge in [-0.3, -0.25) is 37.3 Å². The Morgan fingerprint density at radius 1 is 0.293 bits per heavy atom. The summed E-state index contributed by atoms with van der Waals surface area (Å²) in [6.45, 7) is 7.27. The van der Waals surface area contributed by atoms with Crippen LogP contribution < -0.4 is 0 Å². The van der Waals surface area contributed by atoms with E-state index in [9.17, 15) is 43.2 Å². The molecule has 0 radical (unpaired) electrons. The number of hydrogen-bond acceptors (Lipinski definition) is 15. The SMILES string of the molecule is CCCCCCCCCCCCCCCCCC(=O)OC[C@H](COP(=O)(O)OC[C@@H](O)COP(=O)(O)OC[C@@H](COC(=O)CCCCCCCCCCC)OC(=O)CCCCCCCCCCCCCCC)OC(=O)CCCCCCCCCCCCCCC(C)C. The van der Waals surface area contributed by atoms with Crippen molar-refractivity contribution in [1.82, 2.24) is 0 Å². The molecule has 0 aromatic rings. The minimum absolute atomic E-state index is 0.108. The first-order valence-corrected chi connectivity index (χ1v) is 41.1. The van der Waals surface area contributed by atoms with Gasteiger partial charge in [0.05, 0.1) is 26.4 Å². The Kier molecular flexibility index (Phi) is 64.9. The Bertz CT molecular complexity index is 1770. The number of rotatable bonds is 73. The standard InChI is InChI=1S/C73H142O17P2/c1-6-9-12-15-18-21-23-25-26-28-32-37-42-47-52-57-71(76)84-63-69(90-73(78)59-54-49-44-39-34-30-29-31-36-40-45-50-55-66(4)5)65-88-92(81,82)86-61-67(74)60-85-91(79,80)87-64-68(62-83-70(75)56-51-46-41-35-20-17-14-11-8-3)89-72(77)58-53-48-43-38-33-27-24-22-19-16-13-10-7-2/h66-69,74H,6-65H2,1-5H3,(H,79,80)(H,81,82)/t67-,68+,69+/m0/s1. The summed E-state index contributed by atoms with van der Waals surface area (Å²) in [4.78, 5) is 72.7. The zero-order valence-electron chi connectivity index (χ0n) is 59.7. The monoisotopic (exact) mass is 1350 g/mol. The topological polar surface area (TPSA) is 237 Å². The highest BCUT2D eigenvalue weighted by molar-refractivity contribution is 7.47. The summed E-state index contributed by atoms with van der Waals surface area (Å²) in [5.41, 5.74) is 0. The maximum Gasteiger partial charge on any atom is 0.472 e. The highest BCUT2D eigenvalue weighted by atomic mass is 31.2. The molecule has 17 nitrogen and oxygen atoms in total. The van der Waals surface area contributed by atoms with E-state index < -0.39 is 97.5 Å². The second-order valence-corrected chi connectivity index (χ2v) is 29.7. The molecule has 0 amide bonds. The van der Waals surface area contributed by atoms with E-state index in [1.165, 1.54) is 205 Å². The van der Waals surface area contributed by atoms with Gasteiger partial charge in [-0.1, -0.05) is 330 Å². The zero-order chi connectivity index (χ0) is 67.7. The summed E-state index contributed by atoms with van der Waals surface area (Å²) < 4.78 is 68.4. The third-order valence-corrected chi connectivity index (χ3v) is 18.9. The quantitative estimate of drug-likeness (QED) is 0.0222. The van der Waals surface area contributed by atoms with Gasteiger partial charge in [-0.15, -0.1) is 0 Å². The molecule has 546 valence electrons. The fraction of sp³-hybridized carbons (Fsp3) is 0.945. The van der Waals surface area contributed by atoms with Gasteiger partial charge in [0, 0.05) is 25.7 Å². The number of phosphoric acid groups is 2. The third-order valence-electron chi connectivity index (χ3n) is 17.0. The number of carbonyl (C=O) groups excluding carboxylic acids is 4. The third kappa shape index (κ3) is 66.7. The predicted octanol–water partition coefficient (Wildman–Crippen LogP) is 21.3. The van der Waals surface area contributed by atoms with Crippen molar-refractivity contribution in [3.63, 3.8) is 0 Å². The Morgan fingerprint density at radius 2 is 0.500 bits per heavy atom. The van der Waals surface area contributed by atoms with Gasteiger partial charge in [-0.2, -0.15) is 0 Å². The first-order chi connectivity index (χ1) is 44.5. The molecule has 0 fully saturated rings. The molecular formula is C73H142O17P2. The molecule has 0 aliphatic rings. The molecule has 5 atom stereocenters. The molecule has 2 unspecified atom stereocenters. The van der Waals surface area contributed by atoms with Gasteiger partial charge in [0.25, 0.3) is 0 Å². The van der Waals surface area contributed by atoms with Gasteiger partial charge < -0.3 is 33.8 Å². The van der Waals surface area contributed by atoms with Gasteiger partial charge in [-0.05, 0) is 31.6 Å². The van der Waals surface area contributed by atoms with Crippen LogP contribution in [0.5, 0.6) is 0 Å². The van der Waals surface area contributed by atoms with Crippen molar-refractivity contribution in [1.29, 1.82) is 0 Å². The minimum atomic E-state index is -4.95. The molecule has 0 bridgehead atoms. The number of phosphoric ester groups is 2. The molecule has 19 heteroatoms. The molecule has 0 aliphatic heterocycles. The number of carbonyl (C=O) groups is 4. The summed E-state index contributed by atoms with van der Waals surface area (Å²) in [7, 11) is -9.90. The fourth-order valence-corrected chi connectivity index (χ4v) is 12.8. The lowest BCUT2D eigenvalue weighted by atomic mass is 10.0. The van der Waals surface area contributed by atoms with E-state index in [0.717, 1.165) is 95.8 Å². The number of aliphatic hydroxyl groups excluding tert-OH is 1. The Hall–Kier alpha value is -1.94. The molecule has 0 saturated heterocycles. The molecule has 0 aromatic heterocycles. The van der Waals surface area contributed by atoms with Crippen LogP contribution >= 0.6 is 15.6 Å². The van der Waals surface area contributed by atoms with Crippen LogP contribution in [0.25, 0.3) is 0 Å². The number of ether oxygens (including phenoxy) is 4. The van der Waals surface area contributed by atoms with Crippen molar-refractivity contribution in [3.05, 3.63) is 0 Å². The van der Waals surface area contributed by atoms with Crippen LogP contribution in [0, 0.1) is 5.92 Å². The van der Waals surface area contributed by atoms with Crippen LogP contribution in [0.1, 0.15) is 381 Å². The van der Waals surface area contributed by atoms with Crippen molar-refractivity contribution in [2.45, 2.75) is 400 Å². The van der Waals surface area contributed by atoms with Gasteiger partial charge >= 0.3 is 39.5 Å². The van der Waals surface area contributed by atoms with Crippen LogP contribution in [-0.2, 0) is 65.4 Å². The first-order valence-electron chi connectivity index (χ1n) is 38.1. The largest absolute Gasteiger partial charge is 0.472 e. The maximum absolute atomic E-state index is 13.1. The number of hydrogen-bond donors (Lipinski definition) is 3. The van der Waals surface area contributed by atoms with Gasteiger partial charge in [0.2, 0.25) is 0 Å². The lowest BCUT2D eigenvalue weighted by molar-refractivity contribution is -0.161. The summed E-state index contributed by atoms with van der Waals surface area (Å²) in [5.74, 6) is -1.34. The van der Waals surface area contributed by atoms with Gasteiger partial charge in [-0.25, -0.2) is 9.13 Å². The van der Waals surface area contributed by atoms with Crippen molar-refractivity contribution in [2.75, 3.05) is 39.6 Å². The molecular weight excluding hydrogens is 1210 g/mol. The van der Waals surface area contributed by atoms with E-state index in [4.69, 9.17) is 37.0 Å². The van der Waals surface area contributed by atoms with Crippen molar-refractivity contribution < 1.29 is 80.2 Å². The predicted molar refractivity (Wildman–Crippen MR) is 372 cm³/mol. The Morgan fingerprint density at radius 3 is 0.739 bits per heavy atom. The van der Waals surface area contributed by atoms with Crippen LogP contribution in [0.15, 0.2) is 0 Å². The summed E-state index contributed by atoms with van der Waals surface area (Å²) >= 11 is 0. The van der Waals surface area contributed by atoms with Crippen molar-refractivity contribution >= 4 is 39.5 Å². The summed E-state index contributed by atoms with van der Waals surface area (Å²) in [6.07, 6.45) is 53.9. The van der Waals surface area contributed by atoms with E-state index in [0.29, 0.717) is 25.7 Å². The van der Waals surface area contributed by atoms with E-state index in [2.05, 4.69) is 34.6 Å². The molecule has 0 heterocycles. The molecule has 0 saturated carbocycles. The highest BCUT2D eigenvalue weighted by Gasteiger charge is 2.30. The highest BCUT2D eigenvalue weighted by Crippen LogP contribution is 2.45. The molecule has 0 rings (SSSR count). The number of aliphatic hydroxyl groups is 1. The smallest absolute Gasteiger partial charge is 0.462 e. The molecule has 0 aromatic carbocycles. The maximum atomic E-state index is 13.1. The fourth-order valence-electron chi connectivity index (χ4n) is 11.2. The van der Waals surface area contributed by atoms with Crippen LogP contribution in [0.2, 0.25) is 0 Å². The molecule has 0 spiro atoms. The normalized spacial score (nSPS) is 14.0. The zero-order valence-corrected chi connectivity index (χ0v) is 61.5. The summed E-state index contributed by atoms with van der Waals surface area (Å²) in [6, 6.07) is 0. The lowest BCUT2D eigenvalue weighted by Crippen LogP contribution is -2.30. The van der Waals surface area contributed by atoms with Crippen molar-refractivity contribution in [3.8, 4) is 0 Å². The second-order valence-electron chi connectivity index (χ2n) is 26.8. The lowest BCUT2D eigenvalue weighted by Gasteiger charge is -2.21. The van der Waals surface area contributed by atoms with Crippen LogP contribution in [0.4, 0.5) is 0 Å². The van der Waals surface area contributed by atoms with Gasteiger partial charge in [0.15, 0.2) is 12.2 Å². The van der Waals surface area contributed by atoms with Gasteiger partial charge in [0.1, 0.15) is 19.3 Å². The Balaban J connectivity index is 5.24. The van der Waals surface area contributed by atoms with E-state index in [-0.39, 0.29) is 25.7 Å². The van der Waals surface area contributed by atoms with E-state index >= 15 is 0 Å². The molecule has 92 heavy (non-hydrogen) atoms. The number of esters is 4. The van der Waals surface area contributed by atoms with Crippen molar-refractivity contribution in [2.24, 2.45) is 5.92 Å². The van der Waals surface area contributed by atoms with E-state index in [1.807, 2.05) is 0 Å². The number of unbranched alkanes of at least 4 members (excludes halogenated alkanes) is 45. The average Bonchev–Trinajstić information content (AvgIpc) is 2.99. The second kappa shape index (κ2) is 66.3. The molecule has 3 N–H and O–H groups in total.